The van der Waals surface area contributed by atoms with E-state index in [1.54, 1.807) is 54.6 Å². The molecule has 0 unspecified atom stereocenters. The molecule has 1 aliphatic heterocycles. The number of nitriles is 1. The normalized spacial score (nSPS) is 14.1. The predicted molar refractivity (Wildman–Crippen MR) is 188 cm³/mol. The first-order chi connectivity index (χ1) is 23.5. The summed E-state index contributed by atoms with van der Waals surface area (Å²) in [4.78, 5) is 34.6. The van der Waals surface area contributed by atoms with Gasteiger partial charge in [-0.2, -0.15) is 5.26 Å². The van der Waals surface area contributed by atoms with Gasteiger partial charge < -0.3 is 14.2 Å². The minimum Gasteiger partial charge on any atom is -0.493 e. The first-order valence-corrected chi connectivity index (χ1v) is 17.2. The standard InChI is InChI=1S/C38H31N3O5S2/c1-4-45-37(43)32-33(24-11-6-5-7-12-24)40-38-41(34(32)25-17-19-29(47-3)20-18-25)36(42)31(48-38)21-26-15-10-16-30(44-2)35(26)46-23-28-14-9-8-13-27(28)22-39/h5-21,34H,4,23H2,1-3H3/b31-21-/t34-/m1/s1. The number of benzene rings is 4. The van der Waals surface area contributed by atoms with E-state index in [9.17, 15) is 14.9 Å². The molecule has 1 aromatic heterocycles. The van der Waals surface area contributed by atoms with Gasteiger partial charge in [-0.05, 0) is 49.1 Å². The number of methoxy groups -OCH3 is 1. The van der Waals surface area contributed by atoms with Crippen LogP contribution in [0.3, 0.4) is 0 Å². The van der Waals surface area contributed by atoms with Crippen molar-refractivity contribution in [2.75, 3.05) is 20.0 Å². The van der Waals surface area contributed by atoms with Crippen LogP contribution in [0, 0.1) is 11.3 Å². The molecule has 0 spiro atoms. The lowest BCUT2D eigenvalue weighted by molar-refractivity contribution is -0.138. The number of carbonyl (C=O) groups is 1. The minimum atomic E-state index is -0.780. The molecule has 6 rings (SSSR count). The summed E-state index contributed by atoms with van der Waals surface area (Å²) < 4.78 is 19.4. The Kier molecular flexibility index (Phi) is 9.90. The van der Waals surface area contributed by atoms with Gasteiger partial charge in [0, 0.05) is 21.6 Å². The molecule has 0 saturated heterocycles. The first-order valence-electron chi connectivity index (χ1n) is 15.2. The Balaban J connectivity index is 1.55. The fraction of sp³-hybridized carbons (Fsp3) is 0.158. The third-order valence-electron chi connectivity index (χ3n) is 7.83. The highest BCUT2D eigenvalue weighted by Gasteiger charge is 2.35. The zero-order valence-corrected chi connectivity index (χ0v) is 28.1. The monoisotopic (exact) mass is 673 g/mol. The molecule has 1 atom stereocenters. The molecule has 0 fully saturated rings. The van der Waals surface area contributed by atoms with Gasteiger partial charge in [-0.15, -0.1) is 11.8 Å². The molecule has 48 heavy (non-hydrogen) atoms. The van der Waals surface area contributed by atoms with Gasteiger partial charge in [-0.25, -0.2) is 9.79 Å². The molecule has 0 radical (unpaired) electrons. The molecule has 0 amide bonds. The van der Waals surface area contributed by atoms with Crippen LogP contribution < -0.4 is 24.4 Å². The molecule has 5 aromatic rings. The second kappa shape index (κ2) is 14.6. The number of hydrogen-bond acceptors (Lipinski definition) is 9. The third kappa shape index (κ3) is 6.43. The van der Waals surface area contributed by atoms with Crippen LogP contribution in [0.2, 0.25) is 0 Å². The molecule has 2 heterocycles. The third-order valence-corrected chi connectivity index (χ3v) is 9.56. The van der Waals surface area contributed by atoms with Crippen molar-refractivity contribution in [2.45, 2.75) is 24.5 Å². The summed E-state index contributed by atoms with van der Waals surface area (Å²) in [6, 6.07) is 31.4. The first kappa shape index (κ1) is 32.6. The maximum Gasteiger partial charge on any atom is 0.338 e. The second-order valence-corrected chi connectivity index (χ2v) is 12.5. The van der Waals surface area contributed by atoms with Gasteiger partial charge in [-0.3, -0.25) is 9.36 Å². The van der Waals surface area contributed by atoms with Crippen molar-refractivity contribution in [3.05, 3.63) is 150 Å². The molecular formula is C38H31N3O5S2. The smallest absolute Gasteiger partial charge is 0.338 e. The summed E-state index contributed by atoms with van der Waals surface area (Å²) in [5.74, 6) is 0.378. The number of carbonyl (C=O) groups excluding carboxylic acids is 1. The molecule has 8 nitrogen and oxygen atoms in total. The van der Waals surface area contributed by atoms with Crippen molar-refractivity contribution in [2.24, 2.45) is 4.99 Å². The summed E-state index contributed by atoms with van der Waals surface area (Å²) >= 11 is 2.84. The maximum absolute atomic E-state index is 14.4. The number of aromatic nitrogens is 1. The van der Waals surface area contributed by atoms with E-state index in [2.05, 4.69) is 6.07 Å². The van der Waals surface area contributed by atoms with Crippen molar-refractivity contribution < 1.29 is 19.0 Å². The van der Waals surface area contributed by atoms with Crippen LogP contribution in [0.4, 0.5) is 0 Å². The van der Waals surface area contributed by atoms with Gasteiger partial charge in [0.2, 0.25) is 0 Å². The molecule has 10 heteroatoms. The largest absolute Gasteiger partial charge is 0.493 e. The Morgan fingerprint density at radius 1 is 1.02 bits per heavy atom. The Hall–Kier alpha value is -5.37. The number of fused-ring (bicyclic) bond motifs is 1. The van der Waals surface area contributed by atoms with Crippen LogP contribution in [0.25, 0.3) is 11.8 Å². The van der Waals surface area contributed by atoms with E-state index in [0.29, 0.717) is 43.2 Å². The Morgan fingerprint density at radius 3 is 2.48 bits per heavy atom. The van der Waals surface area contributed by atoms with Crippen LogP contribution in [0.1, 0.15) is 40.8 Å². The number of para-hydroxylation sites is 1. The topological polar surface area (TPSA) is 103 Å². The quantitative estimate of drug-likeness (QED) is 0.130. The van der Waals surface area contributed by atoms with Crippen LogP contribution in [0.5, 0.6) is 11.5 Å². The van der Waals surface area contributed by atoms with E-state index >= 15 is 0 Å². The van der Waals surface area contributed by atoms with Gasteiger partial charge in [0.1, 0.15) is 6.61 Å². The highest BCUT2D eigenvalue weighted by atomic mass is 32.2. The van der Waals surface area contributed by atoms with Crippen LogP contribution >= 0.6 is 23.1 Å². The molecule has 0 saturated carbocycles. The summed E-state index contributed by atoms with van der Waals surface area (Å²) in [5.41, 5.74) is 3.79. The van der Waals surface area contributed by atoms with Crippen molar-refractivity contribution in [3.8, 4) is 17.6 Å². The summed E-state index contributed by atoms with van der Waals surface area (Å²) in [6.45, 7) is 2.05. The molecular weight excluding hydrogens is 643 g/mol. The number of rotatable bonds is 10. The minimum absolute atomic E-state index is 0.127. The number of ether oxygens (including phenoxy) is 3. The lowest BCUT2D eigenvalue weighted by Crippen LogP contribution is -2.40. The lowest BCUT2D eigenvalue weighted by Gasteiger charge is -2.26. The number of esters is 1. The number of hydrogen-bond donors (Lipinski definition) is 0. The molecule has 240 valence electrons. The highest BCUT2D eigenvalue weighted by molar-refractivity contribution is 7.98. The Labute approximate surface area is 285 Å². The van der Waals surface area contributed by atoms with E-state index in [-0.39, 0.29) is 18.8 Å². The molecule has 0 N–H and O–H groups in total. The van der Waals surface area contributed by atoms with E-state index in [1.165, 1.54) is 11.3 Å². The second-order valence-electron chi connectivity index (χ2n) is 10.6. The van der Waals surface area contributed by atoms with Gasteiger partial charge in [-0.1, -0.05) is 84.1 Å². The van der Waals surface area contributed by atoms with Crippen LogP contribution in [-0.2, 0) is 16.1 Å². The van der Waals surface area contributed by atoms with Gasteiger partial charge in [0.15, 0.2) is 16.3 Å². The van der Waals surface area contributed by atoms with Crippen LogP contribution in [-0.4, -0.2) is 30.5 Å². The molecule has 4 aromatic carbocycles. The number of nitrogens with zero attached hydrogens (tertiary/aromatic N) is 3. The SMILES string of the molecule is CCOC(=O)C1=C(c2ccccc2)N=c2s/c(=C\c3cccc(OC)c3OCc3ccccc3C#N)c(=O)n2[C@@H]1c1ccc(SC)cc1. The lowest BCUT2D eigenvalue weighted by atomic mass is 9.93. The average Bonchev–Trinajstić information content (AvgIpc) is 3.44. The van der Waals surface area contributed by atoms with E-state index in [4.69, 9.17) is 19.2 Å². The zero-order valence-electron chi connectivity index (χ0n) is 26.5. The van der Waals surface area contributed by atoms with E-state index < -0.39 is 12.0 Å². The van der Waals surface area contributed by atoms with Crippen molar-refractivity contribution >= 4 is 40.8 Å². The fourth-order valence-electron chi connectivity index (χ4n) is 5.55. The predicted octanol–water partition coefficient (Wildman–Crippen LogP) is 6.12. The van der Waals surface area contributed by atoms with Gasteiger partial charge in [0.25, 0.3) is 5.56 Å². The Morgan fingerprint density at radius 2 is 1.77 bits per heavy atom. The average molecular weight is 674 g/mol. The number of thioether (sulfide) groups is 1. The van der Waals surface area contributed by atoms with E-state index in [0.717, 1.165) is 21.6 Å². The molecule has 1 aliphatic rings. The van der Waals surface area contributed by atoms with Gasteiger partial charge in [0.05, 0.1) is 47.2 Å². The highest BCUT2D eigenvalue weighted by Crippen LogP contribution is 2.36. The molecule has 0 aliphatic carbocycles. The summed E-state index contributed by atoms with van der Waals surface area (Å²) in [7, 11) is 1.55. The maximum atomic E-state index is 14.4. The fourth-order valence-corrected chi connectivity index (χ4v) is 6.95. The summed E-state index contributed by atoms with van der Waals surface area (Å²) in [5, 5.41) is 9.57. The van der Waals surface area contributed by atoms with Crippen molar-refractivity contribution in [3.63, 3.8) is 0 Å². The number of thiazole rings is 1. The van der Waals surface area contributed by atoms with Gasteiger partial charge >= 0.3 is 5.97 Å². The van der Waals surface area contributed by atoms with E-state index in [1.807, 2.05) is 85.1 Å². The van der Waals surface area contributed by atoms with Crippen molar-refractivity contribution in [1.29, 1.82) is 5.26 Å². The zero-order chi connectivity index (χ0) is 33.6. The Bertz CT molecular complexity index is 2230. The van der Waals surface area contributed by atoms with Crippen molar-refractivity contribution in [1.82, 2.24) is 4.57 Å². The van der Waals surface area contributed by atoms with Crippen LogP contribution in [0.15, 0.2) is 117 Å². The summed E-state index contributed by atoms with van der Waals surface area (Å²) in [6.07, 6.45) is 3.75. The molecule has 0 bridgehead atoms.